The zero-order chi connectivity index (χ0) is 21.6. The van der Waals surface area contributed by atoms with Gasteiger partial charge in [0.25, 0.3) is 0 Å². The molecule has 0 spiro atoms. The summed E-state index contributed by atoms with van der Waals surface area (Å²) in [4.78, 5) is 14.1. The topological polar surface area (TPSA) is 34.5 Å². The zero-order valence-corrected chi connectivity index (χ0v) is 18.0. The van der Waals surface area contributed by atoms with Crippen LogP contribution >= 0.6 is 0 Å². The van der Waals surface area contributed by atoms with Crippen molar-refractivity contribution in [3.63, 3.8) is 0 Å². The van der Waals surface area contributed by atoms with E-state index in [-0.39, 0.29) is 11.8 Å². The number of halogens is 1. The van der Waals surface area contributed by atoms with E-state index in [4.69, 9.17) is 4.74 Å². The molecule has 3 aromatic rings. The van der Waals surface area contributed by atoms with E-state index in [1.807, 2.05) is 24.3 Å². The lowest BCUT2D eigenvalue weighted by Crippen LogP contribution is -2.35. The highest BCUT2D eigenvalue weighted by atomic mass is 19.1. The second-order valence-corrected chi connectivity index (χ2v) is 8.08. The van der Waals surface area contributed by atoms with Gasteiger partial charge in [0.1, 0.15) is 5.82 Å². The fourth-order valence-corrected chi connectivity index (χ4v) is 4.30. The van der Waals surface area contributed by atoms with Crippen molar-refractivity contribution in [1.82, 2.24) is 9.47 Å². The number of benzene rings is 2. The summed E-state index contributed by atoms with van der Waals surface area (Å²) in [5, 5.41) is 1.21. The summed E-state index contributed by atoms with van der Waals surface area (Å²) in [5.41, 5.74) is 3.39. The monoisotopic (exact) mass is 420 g/mol. The molecule has 0 aliphatic carbocycles. The first kappa shape index (κ1) is 21.3. The van der Waals surface area contributed by atoms with Crippen molar-refractivity contribution >= 4 is 22.9 Å². The number of esters is 1. The third-order valence-corrected chi connectivity index (χ3v) is 6.03. The summed E-state index contributed by atoms with van der Waals surface area (Å²) in [6.07, 6.45) is 8.65. The maximum atomic E-state index is 13.1. The molecule has 1 fully saturated rings. The SMILES string of the molecule is CCOC(=O)C=Cc1ccc2ccn(C3CCN(CCc4ccc(F)cc4)CC3)c2c1. The van der Waals surface area contributed by atoms with E-state index in [0.29, 0.717) is 12.6 Å². The zero-order valence-electron chi connectivity index (χ0n) is 18.0. The Labute approximate surface area is 182 Å². The molecule has 1 aromatic heterocycles. The standard InChI is InChI=1S/C26H29FN2O2/c1-2-31-26(30)10-6-21-3-7-22-12-18-29(25(22)19-21)24-13-16-28(17-14-24)15-11-20-4-8-23(27)9-5-20/h3-10,12,18-19,24H,2,11,13-17H2,1H3. The Morgan fingerprint density at radius 2 is 1.90 bits per heavy atom. The highest BCUT2D eigenvalue weighted by Crippen LogP contribution is 2.28. The second-order valence-electron chi connectivity index (χ2n) is 8.08. The van der Waals surface area contributed by atoms with Gasteiger partial charge in [0.2, 0.25) is 0 Å². The highest BCUT2D eigenvalue weighted by molar-refractivity contribution is 5.89. The molecule has 4 nitrogen and oxygen atoms in total. The number of hydrogen-bond acceptors (Lipinski definition) is 3. The second kappa shape index (κ2) is 9.92. The van der Waals surface area contributed by atoms with E-state index < -0.39 is 0 Å². The van der Waals surface area contributed by atoms with Crippen LogP contribution in [0.4, 0.5) is 4.39 Å². The minimum Gasteiger partial charge on any atom is -0.463 e. The normalized spacial score (nSPS) is 15.7. The summed E-state index contributed by atoms with van der Waals surface area (Å²) in [7, 11) is 0. The fraction of sp³-hybridized carbons (Fsp3) is 0.346. The molecule has 4 rings (SSSR count). The van der Waals surface area contributed by atoms with Crippen LogP contribution in [0.5, 0.6) is 0 Å². The summed E-state index contributed by atoms with van der Waals surface area (Å²) < 4.78 is 20.4. The molecule has 0 N–H and O–H groups in total. The molecule has 1 aliphatic rings. The molecule has 1 saturated heterocycles. The minimum atomic E-state index is -0.314. The van der Waals surface area contributed by atoms with Crippen molar-refractivity contribution in [2.24, 2.45) is 0 Å². The number of likely N-dealkylation sites (tertiary alicyclic amines) is 1. The number of nitrogens with zero attached hydrogens (tertiary/aromatic N) is 2. The van der Waals surface area contributed by atoms with Gasteiger partial charge >= 0.3 is 5.97 Å². The van der Waals surface area contributed by atoms with Crippen LogP contribution in [-0.4, -0.2) is 41.7 Å². The van der Waals surface area contributed by atoms with Crippen LogP contribution in [0.2, 0.25) is 0 Å². The lowest BCUT2D eigenvalue weighted by molar-refractivity contribution is -0.137. The van der Waals surface area contributed by atoms with Crippen molar-refractivity contribution in [3.05, 3.63) is 77.7 Å². The summed E-state index contributed by atoms with van der Waals surface area (Å²) in [6, 6.07) is 15.7. The molecule has 1 aliphatic heterocycles. The van der Waals surface area contributed by atoms with Crippen molar-refractivity contribution in [1.29, 1.82) is 0 Å². The Kier molecular flexibility index (Phi) is 6.82. The Balaban J connectivity index is 1.37. The molecule has 2 heterocycles. The first-order valence-electron chi connectivity index (χ1n) is 11.0. The van der Waals surface area contributed by atoms with Crippen LogP contribution in [0.25, 0.3) is 17.0 Å². The van der Waals surface area contributed by atoms with Gasteiger partial charge in [-0.05, 0) is 73.0 Å². The largest absolute Gasteiger partial charge is 0.463 e. The molecule has 0 atom stereocenters. The molecule has 31 heavy (non-hydrogen) atoms. The van der Waals surface area contributed by atoms with Crippen LogP contribution in [0, 0.1) is 5.82 Å². The van der Waals surface area contributed by atoms with Crippen LogP contribution in [0.1, 0.15) is 36.9 Å². The Hall–Kier alpha value is -2.92. The molecule has 0 radical (unpaired) electrons. The van der Waals surface area contributed by atoms with Gasteiger partial charge in [-0.25, -0.2) is 9.18 Å². The number of aromatic nitrogens is 1. The number of carbonyl (C=O) groups is 1. The van der Waals surface area contributed by atoms with E-state index >= 15 is 0 Å². The molecule has 0 bridgehead atoms. The summed E-state index contributed by atoms with van der Waals surface area (Å²) in [6.45, 7) is 5.32. The van der Waals surface area contributed by atoms with Gasteiger partial charge in [-0.2, -0.15) is 0 Å². The Bertz CT molecular complexity index is 1050. The van der Waals surface area contributed by atoms with Gasteiger partial charge in [0.05, 0.1) is 6.61 Å². The van der Waals surface area contributed by atoms with Crippen molar-refractivity contribution in [2.45, 2.75) is 32.2 Å². The van der Waals surface area contributed by atoms with E-state index in [1.54, 1.807) is 6.92 Å². The predicted octanol–water partition coefficient (Wildman–Crippen LogP) is 5.24. The lowest BCUT2D eigenvalue weighted by Gasteiger charge is -2.33. The highest BCUT2D eigenvalue weighted by Gasteiger charge is 2.21. The van der Waals surface area contributed by atoms with Gasteiger partial charge in [-0.3, -0.25) is 0 Å². The molecule has 0 unspecified atom stereocenters. The van der Waals surface area contributed by atoms with E-state index in [9.17, 15) is 9.18 Å². The van der Waals surface area contributed by atoms with Crippen LogP contribution in [-0.2, 0) is 16.0 Å². The third-order valence-electron chi connectivity index (χ3n) is 6.03. The van der Waals surface area contributed by atoms with Crippen molar-refractivity contribution < 1.29 is 13.9 Å². The van der Waals surface area contributed by atoms with Crippen molar-refractivity contribution in [2.75, 3.05) is 26.2 Å². The first-order valence-corrected chi connectivity index (χ1v) is 11.0. The average Bonchev–Trinajstić information content (AvgIpc) is 3.21. The van der Waals surface area contributed by atoms with E-state index in [1.165, 1.54) is 34.7 Å². The number of rotatable bonds is 7. The molecular formula is C26H29FN2O2. The summed E-state index contributed by atoms with van der Waals surface area (Å²) >= 11 is 0. The fourth-order valence-electron chi connectivity index (χ4n) is 4.30. The smallest absolute Gasteiger partial charge is 0.330 e. The van der Waals surface area contributed by atoms with Gasteiger partial charge in [0, 0.05) is 43.5 Å². The Morgan fingerprint density at radius 3 is 2.65 bits per heavy atom. The van der Waals surface area contributed by atoms with Gasteiger partial charge < -0.3 is 14.2 Å². The molecule has 0 amide bonds. The molecular weight excluding hydrogens is 391 g/mol. The quantitative estimate of drug-likeness (QED) is 0.387. The number of fused-ring (bicyclic) bond motifs is 1. The number of piperidine rings is 1. The van der Waals surface area contributed by atoms with Crippen LogP contribution < -0.4 is 0 Å². The average molecular weight is 421 g/mol. The van der Waals surface area contributed by atoms with Crippen LogP contribution in [0.15, 0.2) is 60.8 Å². The molecule has 2 aromatic carbocycles. The van der Waals surface area contributed by atoms with Gasteiger partial charge in [0.15, 0.2) is 0 Å². The maximum Gasteiger partial charge on any atom is 0.330 e. The minimum absolute atomic E-state index is 0.178. The third kappa shape index (κ3) is 5.42. The van der Waals surface area contributed by atoms with E-state index in [2.05, 4.69) is 33.9 Å². The van der Waals surface area contributed by atoms with Gasteiger partial charge in [-0.15, -0.1) is 0 Å². The van der Waals surface area contributed by atoms with Crippen molar-refractivity contribution in [3.8, 4) is 0 Å². The Morgan fingerprint density at radius 1 is 1.13 bits per heavy atom. The van der Waals surface area contributed by atoms with Crippen LogP contribution in [0.3, 0.4) is 0 Å². The molecule has 5 heteroatoms. The number of ether oxygens (including phenoxy) is 1. The maximum absolute atomic E-state index is 13.1. The van der Waals surface area contributed by atoms with E-state index in [0.717, 1.165) is 44.5 Å². The molecule has 0 saturated carbocycles. The predicted molar refractivity (Wildman–Crippen MR) is 122 cm³/mol. The lowest BCUT2D eigenvalue weighted by atomic mass is 10.0. The number of hydrogen-bond donors (Lipinski definition) is 0. The molecule has 162 valence electrons. The number of carbonyl (C=O) groups excluding carboxylic acids is 1. The first-order chi connectivity index (χ1) is 15.1. The van der Waals surface area contributed by atoms with Gasteiger partial charge in [-0.1, -0.05) is 24.3 Å². The summed E-state index contributed by atoms with van der Waals surface area (Å²) in [5.74, 6) is -0.492.